The van der Waals surface area contributed by atoms with Crippen LogP contribution < -0.4 is 5.32 Å². The summed E-state index contributed by atoms with van der Waals surface area (Å²) < 4.78 is 26.9. The Labute approximate surface area is 129 Å². The summed E-state index contributed by atoms with van der Waals surface area (Å²) in [7, 11) is -1.97. The van der Waals surface area contributed by atoms with Crippen molar-refractivity contribution in [1.82, 2.24) is 14.5 Å². The second kappa shape index (κ2) is 6.43. The second-order valence-electron chi connectivity index (χ2n) is 4.95. The van der Waals surface area contributed by atoms with Crippen LogP contribution in [0, 0.1) is 6.92 Å². The average molecular weight is 331 g/mol. The number of sulfonamides is 1. The lowest BCUT2D eigenvalue weighted by atomic mass is 10.4. The Kier molecular flexibility index (Phi) is 5.03. The van der Waals surface area contributed by atoms with Crippen molar-refractivity contribution in [2.45, 2.75) is 18.7 Å². The maximum absolute atomic E-state index is 12.7. The molecular weight excluding hydrogens is 310 g/mol. The van der Waals surface area contributed by atoms with Gasteiger partial charge < -0.3 is 10.2 Å². The van der Waals surface area contributed by atoms with E-state index in [2.05, 4.69) is 17.1 Å². The van der Waals surface area contributed by atoms with Crippen molar-refractivity contribution >= 4 is 27.3 Å². The van der Waals surface area contributed by atoms with Crippen molar-refractivity contribution in [2.75, 3.05) is 39.8 Å². The molecule has 1 aromatic heterocycles. The summed E-state index contributed by atoms with van der Waals surface area (Å²) in [6, 6.07) is 1.49. The Morgan fingerprint density at radius 3 is 2.48 bits per heavy atom. The topological polar surface area (TPSA) is 69.7 Å². The molecule has 0 bridgehead atoms. The molecule has 0 aromatic carbocycles. The summed E-state index contributed by atoms with van der Waals surface area (Å²) in [4.78, 5) is 15.2. The van der Waals surface area contributed by atoms with Crippen LogP contribution >= 0.6 is 11.3 Å². The summed E-state index contributed by atoms with van der Waals surface area (Å²) in [6.45, 7) is 7.26. The van der Waals surface area contributed by atoms with Gasteiger partial charge in [-0.1, -0.05) is 6.92 Å². The smallest absolute Gasteiger partial charge is 0.261 e. The molecule has 0 saturated carbocycles. The van der Waals surface area contributed by atoms with Crippen molar-refractivity contribution in [1.29, 1.82) is 0 Å². The molecule has 2 heterocycles. The molecule has 2 rings (SSSR count). The van der Waals surface area contributed by atoms with Crippen LogP contribution in [0.25, 0.3) is 0 Å². The molecule has 1 N–H and O–H groups in total. The molecule has 1 fully saturated rings. The third-order valence-electron chi connectivity index (χ3n) is 3.72. The number of amides is 1. The van der Waals surface area contributed by atoms with E-state index in [1.54, 1.807) is 6.92 Å². The molecule has 21 heavy (non-hydrogen) atoms. The van der Waals surface area contributed by atoms with Crippen LogP contribution in [0.2, 0.25) is 0 Å². The van der Waals surface area contributed by atoms with Crippen molar-refractivity contribution in [3.8, 4) is 0 Å². The first kappa shape index (κ1) is 16.4. The lowest BCUT2D eigenvalue weighted by molar-refractivity contribution is 0.0967. The van der Waals surface area contributed by atoms with E-state index in [0.29, 0.717) is 22.8 Å². The van der Waals surface area contributed by atoms with Gasteiger partial charge in [0, 0.05) is 38.1 Å². The van der Waals surface area contributed by atoms with Gasteiger partial charge in [-0.2, -0.15) is 4.31 Å². The molecule has 0 aliphatic carbocycles. The molecule has 1 saturated heterocycles. The maximum atomic E-state index is 12.7. The molecule has 1 amide bonds. The summed E-state index contributed by atoms with van der Waals surface area (Å²) in [5.41, 5.74) is 0. The number of hydrogen-bond acceptors (Lipinski definition) is 5. The van der Waals surface area contributed by atoms with Gasteiger partial charge in [-0.3, -0.25) is 4.79 Å². The fourth-order valence-electron chi connectivity index (χ4n) is 2.38. The van der Waals surface area contributed by atoms with Crippen molar-refractivity contribution in [3.63, 3.8) is 0 Å². The highest BCUT2D eigenvalue weighted by atomic mass is 32.2. The molecule has 0 spiro atoms. The molecule has 1 aliphatic heterocycles. The summed E-state index contributed by atoms with van der Waals surface area (Å²) in [5.74, 6) is -0.250. The van der Waals surface area contributed by atoms with Crippen LogP contribution in [0.15, 0.2) is 11.0 Å². The zero-order chi connectivity index (χ0) is 15.6. The van der Waals surface area contributed by atoms with E-state index in [1.807, 2.05) is 0 Å². The number of carbonyl (C=O) groups is 1. The molecular formula is C13H21N3O3S2. The van der Waals surface area contributed by atoms with Gasteiger partial charge in [0.1, 0.15) is 0 Å². The van der Waals surface area contributed by atoms with E-state index < -0.39 is 10.0 Å². The Bertz CT molecular complexity index is 617. The van der Waals surface area contributed by atoms with E-state index in [0.717, 1.165) is 19.6 Å². The van der Waals surface area contributed by atoms with E-state index in [-0.39, 0.29) is 10.8 Å². The highest BCUT2D eigenvalue weighted by molar-refractivity contribution is 7.89. The number of nitrogens with zero attached hydrogens (tertiary/aromatic N) is 2. The largest absolute Gasteiger partial charge is 0.354 e. The van der Waals surface area contributed by atoms with Crippen LogP contribution in [0.1, 0.15) is 21.5 Å². The minimum absolute atomic E-state index is 0.250. The van der Waals surface area contributed by atoms with E-state index in [4.69, 9.17) is 0 Å². The van der Waals surface area contributed by atoms with Crippen LogP contribution in [0.4, 0.5) is 0 Å². The Morgan fingerprint density at radius 1 is 1.33 bits per heavy atom. The number of nitrogens with one attached hydrogen (secondary N) is 1. The number of rotatable bonds is 4. The number of likely N-dealkylation sites (N-methyl/N-ethyl adjacent to an activating group) is 1. The fourth-order valence-corrected chi connectivity index (χ4v) is 5.31. The van der Waals surface area contributed by atoms with Gasteiger partial charge in [-0.25, -0.2) is 8.42 Å². The lowest BCUT2D eigenvalue weighted by Crippen LogP contribution is -2.48. The van der Waals surface area contributed by atoms with Crippen molar-refractivity contribution < 1.29 is 13.2 Å². The minimum atomic E-state index is -3.51. The van der Waals surface area contributed by atoms with Crippen LogP contribution in [-0.4, -0.2) is 63.3 Å². The van der Waals surface area contributed by atoms with Crippen molar-refractivity contribution in [3.05, 3.63) is 15.8 Å². The zero-order valence-electron chi connectivity index (χ0n) is 12.5. The summed E-state index contributed by atoms with van der Waals surface area (Å²) >= 11 is 1.21. The molecule has 0 unspecified atom stereocenters. The molecule has 0 atom stereocenters. The Balaban J connectivity index is 2.24. The van der Waals surface area contributed by atoms with Crippen molar-refractivity contribution in [2.24, 2.45) is 0 Å². The Hall–Kier alpha value is -0.960. The normalized spacial score (nSPS) is 17.9. The SMILES string of the molecule is CCN1CCN(S(=O)(=O)c2cc(C(=O)NC)sc2C)CC1. The molecule has 0 radical (unpaired) electrons. The van der Waals surface area contributed by atoms with E-state index in [1.165, 1.54) is 28.8 Å². The standard InChI is InChI=1S/C13H21N3O3S2/c1-4-15-5-7-16(8-6-15)21(18,19)12-9-11(13(17)14-3)20-10(12)2/h9H,4-8H2,1-3H3,(H,14,17). The van der Waals surface area contributed by atoms with Gasteiger partial charge >= 0.3 is 0 Å². The molecule has 1 aliphatic rings. The highest BCUT2D eigenvalue weighted by Gasteiger charge is 2.31. The number of thiophene rings is 1. The summed E-state index contributed by atoms with van der Waals surface area (Å²) in [6.07, 6.45) is 0. The summed E-state index contributed by atoms with van der Waals surface area (Å²) in [5, 5.41) is 2.52. The third kappa shape index (κ3) is 3.28. The zero-order valence-corrected chi connectivity index (χ0v) is 14.2. The number of aryl methyl sites for hydroxylation is 1. The molecule has 8 heteroatoms. The lowest BCUT2D eigenvalue weighted by Gasteiger charge is -2.33. The maximum Gasteiger partial charge on any atom is 0.261 e. The third-order valence-corrected chi connectivity index (χ3v) is 6.92. The number of hydrogen-bond donors (Lipinski definition) is 1. The highest BCUT2D eigenvalue weighted by Crippen LogP contribution is 2.28. The first-order valence-corrected chi connectivity index (χ1v) is 9.20. The minimum Gasteiger partial charge on any atom is -0.354 e. The first-order valence-electron chi connectivity index (χ1n) is 6.95. The monoisotopic (exact) mass is 331 g/mol. The molecule has 6 nitrogen and oxygen atoms in total. The van der Waals surface area contributed by atoms with Gasteiger partial charge in [0.15, 0.2) is 0 Å². The van der Waals surface area contributed by atoms with Crippen LogP contribution in [-0.2, 0) is 10.0 Å². The van der Waals surface area contributed by atoms with Crippen LogP contribution in [0.5, 0.6) is 0 Å². The van der Waals surface area contributed by atoms with Gasteiger partial charge in [0.25, 0.3) is 5.91 Å². The average Bonchev–Trinajstić information content (AvgIpc) is 2.89. The number of carbonyl (C=O) groups excluding carboxylic acids is 1. The molecule has 1 aromatic rings. The van der Waals surface area contributed by atoms with Gasteiger partial charge in [-0.05, 0) is 19.5 Å². The Morgan fingerprint density at radius 2 is 1.95 bits per heavy atom. The van der Waals surface area contributed by atoms with Crippen LogP contribution in [0.3, 0.4) is 0 Å². The predicted octanol–water partition coefficient (Wildman–Crippen LogP) is 0.742. The molecule has 118 valence electrons. The first-order chi connectivity index (χ1) is 9.90. The number of piperazine rings is 1. The van der Waals surface area contributed by atoms with E-state index >= 15 is 0 Å². The van der Waals surface area contributed by atoms with E-state index in [9.17, 15) is 13.2 Å². The fraction of sp³-hybridized carbons (Fsp3) is 0.615. The van der Waals surface area contributed by atoms with Gasteiger partial charge in [-0.15, -0.1) is 11.3 Å². The quantitative estimate of drug-likeness (QED) is 0.884. The van der Waals surface area contributed by atoms with Gasteiger partial charge in [0.05, 0.1) is 9.77 Å². The predicted molar refractivity (Wildman–Crippen MR) is 83.3 cm³/mol. The van der Waals surface area contributed by atoms with Gasteiger partial charge in [0.2, 0.25) is 10.0 Å². The second-order valence-corrected chi connectivity index (χ2v) is 8.11.